The summed E-state index contributed by atoms with van der Waals surface area (Å²) in [5.41, 5.74) is 4.77. The normalized spacial score (nSPS) is 12.3. The third kappa shape index (κ3) is 4.43. The molecule has 1 N–H and O–H groups in total. The first-order valence-electron chi connectivity index (χ1n) is 9.39. The molecule has 146 valence electrons. The van der Waals surface area contributed by atoms with E-state index < -0.39 is 0 Å². The molecule has 0 amide bonds. The third-order valence-electron chi connectivity index (χ3n) is 4.54. The predicted octanol–water partition coefficient (Wildman–Crippen LogP) is 5.92. The summed E-state index contributed by atoms with van der Waals surface area (Å²) in [6.07, 6.45) is 3.60. The summed E-state index contributed by atoms with van der Waals surface area (Å²) in [4.78, 5) is 8.64. The van der Waals surface area contributed by atoms with Crippen LogP contribution in [0.4, 0.5) is 10.1 Å². The minimum atomic E-state index is -0.263. The fourth-order valence-corrected chi connectivity index (χ4v) is 3.75. The van der Waals surface area contributed by atoms with Gasteiger partial charge in [-0.15, -0.1) is 11.3 Å². The fourth-order valence-electron chi connectivity index (χ4n) is 2.90. The molecule has 0 unspecified atom stereocenters. The van der Waals surface area contributed by atoms with E-state index in [1.165, 1.54) is 29.0 Å². The molecule has 0 radical (unpaired) electrons. The molecule has 2 heterocycles. The van der Waals surface area contributed by atoms with Gasteiger partial charge in [-0.25, -0.2) is 14.1 Å². The number of hydrogen-bond acceptors (Lipinski definition) is 3. The van der Waals surface area contributed by atoms with Crippen LogP contribution in [0.2, 0.25) is 0 Å². The Morgan fingerprint density at radius 2 is 1.79 bits per heavy atom. The molecule has 4 nitrogen and oxygen atoms in total. The number of hydrogen-bond donors (Lipinski definition) is 1. The molecule has 4 aromatic rings. The number of H-pyrrole nitrogens is 1. The number of halogens is 1. The first-order valence-corrected chi connectivity index (χ1v) is 10.3. The van der Waals surface area contributed by atoms with Crippen LogP contribution in [-0.4, -0.2) is 15.9 Å². The van der Waals surface area contributed by atoms with Gasteiger partial charge in [0, 0.05) is 17.1 Å². The van der Waals surface area contributed by atoms with Crippen molar-refractivity contribution in [3.63, 3.8) is 0 Å². The van der Waals surface area contributed by atoms with Crippen molar-refractivity contribution in [3.8, 4) is 11.3 Å². The summed E-state index contributed by atoms with van der Waals surface area (Å²) in [5.74, 6) is 0.215. The van der Waals surface area contributed by atoms with Crippen molar-refractivity contribution >= 4 is 23.2 Å². The van der Waals surface area contributed by atoms with E-state index in [2.05, 4.69) is 36.1 Å². The van der Waals surface area contributed by atoms with E-state index in [0.717, 1.165) is 27.4 Å². The van der Waals surface area contributed by atoms with Crippen LogP contribution < -0.4 is 4.80 Å². The molecule has 0 aliphatic heterocycles. The van der Waals surface area contributed by atoms with E-state index in [0.29, 0.717) is 5.92 Å². The molecule has 0 fully saturated rings. The Kier molecular flexibility index (Phi) is 5.53. The van der Waals surface area contributed by atoms with Crippen LogP contribution in [0, 0.1) is 5.82 Å². The molecule has 0 bridgehead atoms. The highest BCUT2D eigenvalue weighted by molar-refractivity contribution is 7.07. The van der Waals surface area contributed by atoms with Gasteiger partial charge in [-0.05, 0) is 60.0 Å². The standard InChI is InChI=1S/C23H21FN4S/c1-16(2)17-7-11-20(12-8-17)27-23-28(26-14-21-4-3-13-25-21)22(15-29-23)18-5-9-19(24)10-6-18/h3-16,25H,1-2H3. The average molecular weight is 405 g/mol. The molecule has 6 heteroatoms. The zero-order chi connectivity index (χ0) is 20.2. The Bertz CT molecular complexity index is 1170. The molecule has 0 aliphatic rings. The van der Waals surface area contributed by atoms with Crippen LogP contribution in [0.3, 0.4) is 0 Å². The number of aromatic amines is 1. The van der Waals surface area contributed by atoms with E-state index in [4.69, 9.17) is 4.99 Å². The van der Waals surface area contributed by atoms with E-state index in [1.807, 2.05) is 35.8 Å². The second-order valence-corrected chi connectivity index (χ2v) is 7.79. The number of rotatable bonds is 5. The van der Waals surface area contributed by atoms with Crippen LogP contribution in [0.25, 0.3) is 11.3 Å². The zero-order valence-corrected chi connectivity index (χ0v) is 17.0. The second kappa shape index (κ2) is 8.41. The Morgan fingerprint density at radius 1 is 1.03 bits per heavy atom. The lowest BCUT2D eigenvalue weighted by Gasteiger charge is -2.05. The quantitative estimate of drug-likeness (QED) is 0.401. The van der Waals surface area contributed by atoms with Crippen LogP contribution in [0.5, 0.6) is 0 Å². The molecule has 0 saturated carbocycles. The molecule has 29 heavy (non-hydrogen) atoms. The lowest BCUT2D eigenvalue weighted by Crippen LogP contribution is -2.11. The van der Waals surface area contributed by atoms with Crippen molar-refractivity contribution in [1.82, 2.24) is 9.66 Å². The topological polar surface area (TPSA) is 45.4 Å². The Labute approximate surface area is 172 Å². The minimum absolute atomic E-state index is 0.263. The summed E-state index contributed by atoms with van der Waals surface area (Å²) in [7, 11) is 0. The van der Waals surface area contributed by atoms with Gasteiger partial charge < -0.3 is 4.98 Å². The highest BCUT2D eigenvalue weighted by Gasteiger charge is 2.08. The highest BCUT2D eigenvalue weighted by Crippen LogP contribution is 2.22. The second-order valence-electron chi connectivity index (χ2n) is 6.95. The number of nitrogens with zero attached hydrogens (tertiary/aromatic N) is 3. The van der Waals surface area contributed by atoms with Gasteiger partial charge in [0.25, 0.3) is 0 Å². The van der Waals surface area contributed by atoms with Crippen LogP contribution in [0.15, 0.2) is 82.3 Å². The highest BCUT2D eigenvalue weighted by atomic mass is 32.1. The van der Waals surface area contributed by atoms with Gasteiger partial charge in [0.2, 0.25) is 4.80 Å². The SMILES string of the molecule is CC(C)c1ccc(N=c2scc(-c3ccc(F)cc3)n2N=Cc2ccc[nH]2)cc1. The maximum atomic E-state index is 13.4. The minimum Gasteiger partial charge on any atom is -0.360 e. The Hall–Kier alpha value is -3.25. The van der Waals surface area contributed by atoms with Crippen LogP contribution in [-0.2, 0) is 0 Å². The van der Waals surface area contributed by atoms with Gasteiger partial charge in [-0.3, -0.25) is 0 Å². The molecular weight excluding hydrogens is 383 g/mol. The number of nitrogens with one attached hydrogen (secondary N) is 1. The summed E-state index contributed by atoms with van der Waals surface area (Å²) in [6, 6.07) is 18.5. The van der Waals surface area contributed by atoms with Gasteiger partial charge in [-0.1, -0.05) is 26.0 Å². The molecule has 4 rings (SSSR count). The molecular formula is C23H21FN4S. The smallest absolute Gasteiger partial charge is 0.211 e. The monoisotopic (exact) mass is 404 g/mol. The summed E-state index contributed by atoms with van der Waals surface area (Å²) in [5, 5.41) is 6.62. The van der Waals surface area contributed by atoms with E-state index >= 15 is 0 Å². The molecule has 2 aromatic carbocycles. The van der Waals surface area contributed by atoms with Crippen LogP contribution in [0.1, 0.15) is 31.0 Å². The van der Waals surface area contributed by atoms with Crippen molar-refractivity contribution in [3.05, 3.63) is 94.1 Å². The summed E-state index contributed by atoms with van der Waals surface area (Å²) < 4.78 is 15.1. The number of benzene rings is 2. The Morgan fingerprint density at radius 3 is 2.45 bits per heavy atom. The van der Waals surface area contributed by atoms with E-state index in [1.54, 1.807) is 23.0 Å². The molecule has 0 spiro atoms. The van der Waals surface area contributed by atoms with Crippen molar-refractivity contribution in [2.75, 3.05) is 0 Å². The zero-order valence-electron chi connectivity index (χ0n) is 16.2. The van der Waals surface area contributed by atoms with Crippen molar-refractivity contribution in [2.24, 2.45) is 10.1 Å². The molecule has 0 atom stereocenters. The summed E-state index contributed by atoms with van der Waals surface area (Å²) >= 11 is 1.50. The maximum Gasteiger partial charge on any atom is 0.211 e. The van der Waals surface area contributed by atoms with Crippen LogP contribution >= 0.6 is 11.3 Å². The van der Waals surface area contributed by atoms with Gasteiger partial charge in [0.1, 0.15) is 5.82 Å². The third-order valence-corrected chi connectivity index (χ3v) is 5.36. The van der Waals surface area contributed by atoms with E-state index in [9.17, 15) is 4.39 Å². The number of thiazole rings is 1. The van der Waals surface area contributed by atoms with Crippen molar-refractivity contribution < 1.29 is 4.39 Å². The lowest BCUT2D eigenvalue weighted by atomic mass is 10.0. The first-order chi connectivity index (χ1) is 14.1. The molecule has 0 aliphatic carbocycles. The van der Waals surface area contributed by atoms with Crippen molar-refractivity contribution in [1.29, 1.82) is 0 Å². The number of aromatic nitrogens is 2. The van der Waals surface area contributed by atoms with Gasteiger partial charge >= 0.3 is 0 Å². The van der Waals surface area contributed by atoms with Crippen molar-refractivity contribution in [2.45, 2.75) is 19.8 Å². The largest absolute Gasteiger partial charge is 0.360 e. The first kappa shape index (κ1) is 19.1. The maximum absolute atomic E-state index is 13.4. The summed E-state index contributed by atoms with van der Waals surface area (Å²) in [6.45, 7) is 4.34. The predicted molar refractivity (Wildman–Crippen MR) is 117 cm³/mol. The average Bonchev–Trinajstić information content (AvgIpc) is 3.37. The Balaban J connectivity index is 1.79. The molecule has 2 aromatic heterocycles. The van der Waals surface area contributed by atoms with Gasteiger partial charge in [0.05, 0.1) is 23.3 Å². The van der Waals surface area contributed by atoms with Gasteiger partial charge in [-0.2, -0.15) is 5.10 Å². The lowest BCUT2D eigenvalue weighted by molar-refractivity contribution is 0.628. The molecule has 0 saturated heterocycles. The fraction of sp³-hybridized carbons (Fsp3) is 0.130. The van der Waals surface area contributed by atoms with E-state index in [-0.39, 0.29) is 5.82 Å². The van der Waals surface area contributed by atoms with Gasteiger partial charge in [0.15, 0.2) is 0 Å².